The first kappa shape index (κ1) is 19.9. The molecule has 32 heavy (non-hydrogen) atoms. The number of nitrogens with zero attached hydrogens (tertiary/aromatic N) is 3. The molecule has 0 saturated carbocycles. The van der Waals surface area contributed by atoms with Crippen LogP contribution < -0.4 is 5.32 Å². The van der Waals surface area contributed by atoms with Crippen LogP contribution in [0.2, 0.25) is 0 Å². The Labute approximate surface area is 187 Å². The molecule has 7 nitrogen and oxygen atoms in total. The van der Waals surface area contributed by atoms with Crippen LogP contribution in [-0.4, -0.2) is 28.0 Å². The van der Waals surface area contributed by atoms with E-state index in [4.69, 9.17) is 9.15 Å². The third-order valence-corrected chi connectivity index (χ3v) is 5.82. The molecule has 0 spiro atoms. The number of carbonyl (C=O) groups excluding carboxylic acids is 1. The first-order chi connectivity index (χ1) is 15.7. The van der Waals surface area contributed by atoms with E-state index >= 15 is 0 Å². The fourth-order valence-electron chi connectivity index (χ4n) is 3.46. The summed E-state index contributed by atoms with van der Waals surface area (Å²) in [5, 5.41) is 4.66. The number of benzene rings is 2. The van der Waals surface area contributed by atoms with Gasteiger partial charge in [0.25, 0.3) is 0 Å². The molecule has 0 saturated heterocycles. The number of rotatable bonds is 6. The van der Waals surface area contributed by atoms with Crippen molar-refractivity contribution in [1.82, 2.24) is 15.0 Å². The van der Waals surface area contributed by atoms with Crippen LogP contribution in [0.25, 0.3) is 33.6 Å². The number of hydrogen-bond donors (Lipinski definition) is 1. The van der Waals surface area contributed by atoms with E-state index in [0.29, 0.717) is 16.7 Å². The lowest BCUT2D eigenvalue weighted by molar-refractivity contribution is -0.139. The van der Waals surface area contributed by atoms with E-state index in [1.165, 1.54) is 24.8 Å². The van der Waals surface area contributed by atoms with Crippen molar-refractivity contribution in [3.8, 4) is 22.5 Å². The molecule has 2 aromatic carbocycles. The predicted octanol–water partition coefficient (Wildman–Crippen LogP) is 5.47. The molecule has 0 aliphatic heterocycles. The van der Waals surface area contributed by atoms with Crippen LogP contribution in [-0.2, 0) is 16.0 Å². The van der Waals surface area contributed by atoms with E-state index in [1.807, 2.05) is 60.7 Å². The first-order valence-electron chi connectivity index (χ1n) is 9.90. The number of thiazole rings is 1. The Morgan fingerprint density at radius 1 is 1.00 bits per heavy atom. The number of hydrogen-bond acceptors (Lipinski definition) is 8. The zero-order chi connectivity index (χ0) is 21.9. The van der Waals surface area contributed by atoms with Gasteiger partial charge < -0.3 is 14.5 Å². The second-order valence-electron chi connectivity index (χ2n) is 6.95. The van der Waals surface area contributed by atoms with Crippen molar-refractivity contribution in [3.63, 3.8) is 0 Å². The minimum absolute atomic E-state index is 0.175. The van der Waals surface area contributed by atoms with E-state index in [2.05, 4.69) is 20.3 Å². The summed E-state index contributed by atoms with van der Waals surface area (Å²) in [7, 11) is 1.37. The van der Waals surface area contributed by atoms with Crippen molar-refractivity contribution in [3.05, 3.63) is 78.1 Å². The molecule has 0 radical (unpaired) electrons. The zero-order valence-electron chi connectivity index (χ0n) is 17.1. The zero-order valence-corrected chi connectivity index (χ0v) is 17.9. The van der Waals surface area contributed by atoms with E-state index in [9.17, 15) is 4.79 Å². The minimum Gasteiger partial charge on any atom is -0.469 e. The largest absolute Gasteiger partial charge is 0.469 e. The fraction of sp³-hybridized carbons (Fsp3) is 0.0833. The Morgan fingerprint density at radius 3 is 2.44 bits per heavy atom. The van der Waals surface area contributed by atoms with Crippen molar-refractivity contribution in [2.24, 2.45) is 0 Å². The van der Waals surface area contributed by atoms with Gasteiger partial charge in [-0.2, -0.15) is 0 Å². The van der Waals surface area contributed by atoms with Gasteiger partial charge in [0.05, 0.1) is 18.9 Å². The SMILES string of the molecule is COC(=O)Cc1cnc(Nc2ncnc3oc(-c4ccccc4)c(-c4ccccc4)c23)s1. The van der Waals surface area contributed by atoms with Crippen LogP contribution in [0.3, 0.4) is 0 Å². The summed E-state index contributed by atoms with van der Waals surface area (Å²) < 4.78 is 11.0. The average molecular weight is 443 g/mol. The molecule has 0 amide bonds. The quantitative estimate of drug-likeness (QED) is 0.349. The Bertz CT molecular complexity index is 1380. The Morgan fingerprint density at radius 2 is 1.72 bits per heavy atom. The first-order valence-corrected chi connectivity index (χ1v) is 10.7. The van der Waals surface area contributed by atoms with Gasteiger partial charge >= 0.3 is 5.97 Å². The van der Waals surface area contributed by atoms with Gasteiger partial charge in [0.1, 0.15) is 17.9 Å². The van der Waals surface area contributed by atoms with E-state index < -0.39 is 0 Å². The molecule has 0 unspecified atom stereocenters. The predicted molar refractivity (Wildman–Crippen MR) is 124 cm³/mol. The van der Waals surface area contributed by atoms with Crippen LogP contribution in [0.1, 0.15) is 4.88 Å². The number of fused-ring (bicyclic) bond motifs is 1. The number of anilines is 2. The molecule has 8 heteroatoms. The molecule has 5 rings (SSSR count). The summed E-state index contributed by atoms with van der Waals surface area (Å²) in [6.45, 7) is 0. The number of aromatic nitrogens is 3. The molecule has 3 aromatic heterocycles. The molecule has 0 aliphatic rings. The monoisotopic (exact) mass is 442 g/mol. The molecule has 158 valence electrons. The third kappa shape index (κ3) is 3.83. The molecule has 0 atom stereocenters. The average Bonchev–Trinajstić information content (AvgIpc) is 3.45. The molecular weight excluding hydrogens is 424 g/mol. The van der Waals surface area contributed by atoms with Gasteiger partial charge in [-0.25, -0.2) is 15.0 Å². The second-order valence-corrected chi connectivity index (χ2v) is 8.07. The molecule has 0 fully saturated rings. The number of esters is 1. The van der Waals surface area contributed by atoms with Crippen LogP contribution in [0.5, 0.6) is 0 Å². The van der Waals surface area contributed by atoms with Gasteiger partial charge in [-0.15, -0.1) is 11.3 Å². The highest BCUT2D eigenvalue weighted by molar-refractivity contribution is 7.15. The number of furan rings is 1. The third-order valence-electron chi connectivity index (χ3n) is 4.91. The highest BCUT2D eigenvalue weighted by atomic mass is 32.1. The minimum atomic E-state index is -0.307. The number of nitrogens with one attached hydrogen (secondary N) is 1. The van der Waals surface area contributed by atoms with Crippen LogP contribution in [0.4, 0.5) is 10.9 Å². The van der Waals surface area contributed by atoms with Gasteiger partial charge in [-0.05, 0) is 5.56 Å². The van der Waals surface area contributed by atoms with Crippen molar-refractivity contribution in [1.29, 1.82) is 0 Å². The number of methoxy groups -OCH3 is 1. The topological polar surface area (TPSA) is 90.1 Å². The highest BCUT2D eigenvalue weighted by Gasteiger charge is 2.22. The molecular formula is C24H18N4O3S. The van der Waals surface area contributed by atoms with Crippen molar-refractivity contribution < 1.29 is 13.9 Å². The molecule has 0 aliphatic carbocycles. The molecule has 5 aromatic rings. The van der Waals surface area contributed by atoms with E-state index in [1.54, 1.807) is 6.20 Å². The summed E-state index contributed by atoms with van der Waals surface area (Å²) in [6.07, 6.45) is 3.29. The van der Waals surface area contributed by atoms with Gasteiger partial charge in [0, 0.05) is 22.2 Å². The lowest BCUT2D eigenvalue weighted by atomic mass is 9.99. The fourth-order valence-corrected chi connectivity index (χ4v) is 4.26. The maximum Gasteiger partial charge on any atom is 0.310 e. The molecule has 0 bridgehead atoms. The van der Waals surface area contributed by atoms with Crippen molar-refractivity contribution in [2.45, 2.75) is 6.42 Å². The van der Waals surface area contributed by atoms with Gasteiger partial charge in [-0.3, -0.25) is 4.79 Å². The standard InChI is InChI=1S/C24H18N4O3S/c1-30-18(29)12-17-13-25-24(32-17)28-22-20-19(15-8-4-2-5-9-15)21(16-10-6-3-7-11-16)31-23(20)27-14-26-22/h2-11,13-14H,12H2,1H3,(H,25,26,27,28). The molecule has 3 heterocycles. The summed E-state index contributed by atoms with van der Waals surface area (Å²) in [5.41, 5.74) is 3.33. The van der Waals surface area contributed by atoms with Crippen LogP contribution in [0, 0.1) is 0 Å². The summed E-state index contributed by atoms with van der Waals surface area (Å²) in [5.74, 6) is 0.998. The Balaban J connectivity index is 1.63. The Kier molecular flexibility index (Phi) is 5.35. The van der Waals surface area contributed by atoms with Crippen molar-refractivity contribution in [2.75, 3.05) is 12.4 Å². The van der Waals surface area contributed by atoms with E-state index in [-0.39, 0.29) is 12.4 Å². The normalized spacial score (nSPS) is 10.9. The number of carbonyl (C=O) groups is 1. The highest BCUT2D eigenvalue weighted by Crippen LogP contribution is 2.43. The maximum absolute atomic E-state index is 11.6. The van der Waals surface area contributed by atoms with Crippen molar-refractivity contribution >= 4 is 39.4 Å². The second kappa shape index (κ2) is 8.60. The smallest absolute Gasteiger partial charge is 0.310 e. The molecule has 1 N–H and O–H groups in total. The Hall–Kier alpha value is -4.04. The lowest BCUT2D eigenvalue weighted by Gasteiger charge is -2.06. The van der Waals surface area contributed by atoms with Gasteiger partial charge in [-0.1, -0.05) is 60.7 Å². The number of ether oxygens (including phenoxy) is 1. The summed E-state index contributed by atoms with van der Waals surface area (Å²) in [4.78, 5) is 25.6. The van der Waals surface area contributed by atoms with Crippen LogP contribution >= 0.6 is 11.3 Å². The maximum atomic E-state index is 11.6. The van der Waals surface area contributed by atoms with Crippen LogP contribution in [0.15, 0.2) is 77.6 Å². The summed E-state index contributed by atoms with van der Waals surface area (Å²) >= 11 is 1.37. The summed E-state index contributed by atoms with van der Waals surface area (Å²) in [6, 6.07) is 19.9. The lowest BCUT2D eigenvalue weighted by Crippen LogP contribution is -2.02. The van der Waals surface area contributed by atoms with E-state index in [0.717, 1.165) is 32.7 Å². The van der Waals surface area contributed by atoms with Gasteiger partial charge in [0.2, 0.25) is 5.71 Å². The van der Waals surface area contributed by atoms with Gasteiger partial charge in [0.15, 0.2) is 5.13 Å².